The second-order valence-electron chi connectivity index (χ2n) is 8.09. The highest BCUT2D eigenvalue weighted by molar-refractivity contribution is 6.62. The van der Waals surface area contributed by atoms with Crippen molar-refractivity contribution in [3.8, 4) is 0 Å². The van der Waals surface area contributed by atoms with Gasteiger partial charge in [0.1, 0.15) is 6.04 Å². The first-order valence-electron chi connectivity index (χ1n) is 8.90. The summed E-state index contributed by atoms with van der Waals surface area (Å²) in [4.78, 5) is 23.2. The van der Waals surface area contributed by atoms with Gasteiger partial charge in [-0.15, -0.1) is 0 Å². The number of carbonyl (C=O) groups excluding carboxylic acids is 1. The van der Waals surface area contributed by atoms with Crippen molar-refractivity contribution in [3.05, 3.63) is 29.8 Å². The number of hydrogen-bond donors (Lipinski definition) is 2. The van der Waals surface area contributed by atoms with E-state index in [2.05, 4.69) is 5.32 Å². The number of amides is 1. The summed E-state index contributed by atoms with van der Waals surface area (Å²) in [6.45, 7) is 11.4. The quantitative estimate of drug-likeness (QED) is 0.755. The van der Waals surface area contributed by atoms with Crippen LogP contribution < -0.4 is 10.8 Å². The molecule has 1 saturated heterocycles. The minimum Gasteiger partial charge on any atom is -0.480 e. The monoisotopic (exact) mass is 361 g/mol. The van der Waals surface area contributed by atoms with Gasteiger partial charge in [0.15, 0.2) is 0 Å². The van der Waals surface area contributed by atoms with Crippen LogP contribution in [0.4, 0.5) is 0 Å². The van der Waals surface area contributed by atoms with E-state index >= 15 is 0 Å². The average Bonchev–Trinajstić information content (AvgIpc) is 2.75. The average molecular weight is 361 g/mol. The molecule has 0 saturated carbocycles. The first kappa shape index (κ1) is 20.5. The van der Waals surface area contributed by atoms with Crippen LogP contribution >= 0.6 is 0 Å². The van der Waals surface area contributed by atoms with E-state index in [0.717, 1.165) is 11.0 Å². The van der Waals surface area contributed by atoms with E-state index in [4.69, 9.17) is 9.31 Å². The minimum atomic E-state index is -1.05. The van der Waals surface area contributed by atoms with Crippen LogP contribution in [0.25, 0.3) is 0 Å². The molecule has 1 aliphatic rings. The molecular weight excluding hydrogens is 333 g/mol. The van der Waals surface area contributed by atoms with Gasteiger partial charge in [0.25, 0.3) is 0 Å². The maximum Gasteiger partial charge on any atom is 0.494 e. The number of benzene rings is 1. The molecule has 1 heterocycles. The summed E-state index contributed by atoms with van der Waals surface area (Å²) < 4.78 is 12.0. The Kier molecular flexibility index (Phi) is 5.83. The summed E-state index contributed by atoms with van der Waals surface area (Å²) in [5.74, 6) is -1.58. The van der Waals surface area contributed by atoms with Crippen molar-refractivity contribution >= 4 is 24.5 Å². The Bertz CT molecular complexity index is 653. The SMILES string of the molecule is CC(C)C(=O)N[C@@H](Cc1ccc(B2OC(C)(C)C(C)(C)O2)cc1)C(=O)O. The lowest BCUT2D eigenvalue weighted by atomic mass is 9.78. The Hall–Kier alpha value is -1.86. The summed E-state index contributed by atoms with van der Waals surface area (Å²) >= 11 is 0. The van der Waals surface area contributed by atoms with Crippen molar-refractivity contribution in [2.75, 3.05) is 0 Å². The van der Waals surface area contributed by atoms with Crippen molar-refractivity contribution in [1.82, 2.24) is 5.32 Å². The Balaban J connectivity index is 2.07. The zero-order chi connectivity index (χ0) is 19.7. The predicted molar refractivity (Wildman–Crippen MR) is 100 cm³/mol. The lowest BCUT2D eigenvalue weighted by Crippen LogP contribution is -2.44. The summed E-state index contributed by atoms with van der Waals surface area (Å²) in [5, 5.41) is 11.9. The van der Waals surface area contributed by atoms with Gasteiger partial charge in [0.05, 0.1) is 11.2 Å². The smallest absolute Gasteiger partial charge is 0.480 e. The van der Waals surface area contributed by atoms with Crippen molar-refractivity contribution < 1.29 is 24.0 Å². The van der Waals surface area contributed by atoms with Gasteiger partial charge in [0.2, 0.25) is 5.91 Å². The van der Waals surface area contributed by atoms with Gasteiger partial charge in [0, 0.05) is 12.3 Å². The van der Waals surface area contributed by atoms with Gasteiger partial charge in [-0.25, -0.2) is 4.79 Å². The molecule has 0 spiro atoms. The molecule has 1 aromatic rings. The van der Waals surface area contributed by atoms with Gasteiger partial charge in [-0.1, -0.05) is 38.1 Å². The van der Waals surface area contributed by atoms with Crippen LogP contribution in [0, 0.1) is 5.92 Å². The van der Waals surface area contributed by atoms with Crippen molar-refractivity contribution in [1.29, 1.82) is 0 Å². The number of carboxylic acids is 1. The zero-order valence-electron chi connectivity index (χ0n) is 16.3. The highest BCUT2D eigenvalue weighted by Gasteiger charge is 2.51. The third-order valence-electron chi connectivity index (χ3n) is 5.08. The van der Waals surface area contributed by atoms with E-state index in [-0.39, 0.29) is 18.2 Å². The normalized spacial score (nSPS) is 19.4. The van der Waals surface area contributed by atoms with Crippen LogP contribution in [0.15, 0.2) is 24.3 Å². The number of rotatable bonds is 6. The predicted octanol–water partition coefficient (Wildman–Crippen LogP) is 1.75. The van der Waals surface area contributed by atoms with Gasteiger partial charge in [-0.05, 0) is 38.7 Å². The van der Waals surface area contributed by atoms with Gasteiger partial charge in [-0.2, -0.15) is 0 Å². The lowest BCUT2D eigenvalue weighted by molar-refractivity contribution is -0.142. The first-order valence-corrected chi connectivity index (χ1v) is 8.90. The Morgan fingerprint density at radius 3 is 2.00 bits per heavy atom. The van der Waals surface area contributed by atoms with E-state index in [1.807, 2.05) is 52.0 Å². The topological polar surface area (TPSA) is 84.9 Å². The molecule has 1 fully saturated rings. The molecule has 0 unspecified atom stereocenters. The fourth-order valence-corrected chi connectivity index (χ4v) is 2.56. The van der Waals surface area contributed by atoms with E-state index in [1.165, 1.54) is 0 Å². The highest BCUT2D eigenvalue weighted by Crippen LogP contribution is 2.36. The molecule has 142 valence electrons. The van der Waals surface area contributed by atoms with Crippen LogP contribution in [0.2, 0.25) is 0 Å². The van der Waals surface area contributed by atoms with E-state index in [0.29, 0.717) is 0 Å². The summed E-state index contributed by atoms with van der Waals surface area (Å²) in [5.41, 5.74) is 0.879. The number of carbonyl (C=O) groups is 2. The second-order valence-corrected chi connectivity index (χ2v) is 8.09. The molecule has 1 amide bonds. The number of carboxylic acid groups (broad SMARTS) is 1. The first-order chi connectivity index (χ1) is 11.9. The summed E-state index contributed by atoms with van der Waals surface area (Å²) in [6, 6.07) is 6.49. The van der Waals surface area contributed by atoms with E-state index < -0.39 is 30.3 Å². The number of aliphatic carboxylic acids is 1. The number of nitrogens with one attached hydrogen (secondary N) is 1. The molecule has 26 heavy (non-hydrogen) atoms. The fourth-order valence-electron chi connectivity index (χ4n) is 2.56. The molecular formula is C19H28BNO5. The molecule has 2 N–H and O–H groups in total. The maximum atomic E-state index is 11.8. The van der Waals surface area contributed by atoms with Crippen LogP contribution in [-0.2, 0) is 25.3 Å². The Morgan fingerprint density at radius 2 is 1.58 bits per heavy atom. The van der Waals surface area contributed by atoms with Crippen molar-refractivity contribution in [3.63, 3.8) is 0 Å². The summed E-state index contributed by atoms with van der Waals surface area (Å²) in [7, 11) is -0.454. The molecule has 0 bridgehead atoms. The van der Waals surface area contributed by atoms with Crippen molar-refractivity contribution in [2.24, 2.45) is 5.92 Å². The molecule has 7 heteroatoms. The molecule has 0 radical (unpaired) electrons. The van der Waals surface area contributed by atoms with Crippen molar-refractivity contribution in [2.45, 2.75) is 65.2 Å². The second kappa shape index (κ2) is 7.41. The van der Waals surface area contributed by atoms with E-state index in [1.54, 1.807) is 13.8 Å². The maximum absolute atomic E-state index is 11.8. The molecule has 6 nitrogen and oxygen atoms in total. The molecule has 1 atom stereocenters. The summed E-state index contributed by atoms with van der Waals surface area (Å²) in [6.07, 6.45) is 0.220. The third kappa shape index (κ3) is 4.45. The Labute approximate surface area is 155 Å². The molecule has 1 aromatic carbocycles. The minimum absolute atomic E-state index is 0.220. The van der Waals surface area contributed by atoms with E-state index in [9.17, 15) is 14.7 Å². The largest absolute Gasteiger partial charge is 0.494 e. The molecule has 1 aliphatic heterocycles. The highest BCUT2D eigenvalue weighted by atomic mass is 16.7. The standard InChI is InChI=1S/C19H28BNO5/c1-12(2)16(22)21-15(17(23)24)11-13-7-9-14(10-8-13)20-25-18(3,4)19(5,6)26-20/h7-10,12,15H,11H2,1-6H3,(H,21,22)(H,23,24)/t15-/m0/s1. The van der Waals surface area contributed by atoms with Crippen LogP contribution in [0.1, 0.15) is 47.1 Å². The lowest BCUT2D eigenvalue weighted by Gasteiger charge is -2.32. The van der Waals surface area contributed by atoms with Crippen LogP contribution in [-0.4, -0.2) is 41.3 Å². The van der Waals surface area contributed by atoms with Gasteiger partial charge < -0.3 is 19.7 Å². The molecule has 0 aliphatic carbocycles. The van der Waals surface area contributed by atoms with Crippen LogP contribution in [0.3, 0.4) is 0 Å². The van der Waals surface area contributed by atoms with Crippen LogP contribution in [0.5, 0.6) is 0 Å². The third-order valence-corrected chi connectivity index (χ3v) is 5.08. The molecule has 2 rings (SSSR count). The zero-order valence-corrected chi connectivity index (χ0v) is 16.3. The van der Waals surface area contributed by atoms with Gasteiger partial charge >= 0.3 is 13.1 Å². The van der Waals surface area contributed by atoms with Gasteiger partial charge in [-0.3, -0.25) is 4.79 Å². The number of hydrogen-bond acceptors (Lipinski definition) is 4. The Morgan fingerprint density at radius 1 is 1.08 bits per heavy atom. The fraction of sp³-hybridized carbons (Fsp3) is 0.579. The molecule has 0 aromatic heterocycles.